The summed E-state index contributed by atoms with van der Waals surface area (Å²) >= 11 is 3.40. The highest BCUT2D eigenvalue weighted by Crippen LogP contribution is 2.34. The fourth-order valence-corrected chi connectivity index (χ4v) is 2.28. The largest absolute Gasteiger partial charge is 0.507 e. The maximum atomic E-state index is 9.79. The van der Waals surface area contributed by atoms with Gasteiger partial charge in [0.25, 0.3) is 0 Å². The van der Waals surface area contributed by atoms with Gasteiger partial charge in [-0.25, -0.2) is 0 Å². The van der Waals surface area contributed by atoms with Crippen LogP contribution in [0.2, 0.25) is 0 Å². The zero-order valence-corrected chi connectivity index (χ0v) is 11.5. The number of hydrogen-bond acceptors (Lipinski definition) is 3. The van der Waals surface area contributed by atoms with Gasteiger partial charge in [-0.1, -0.05) is 28.1 Å². The van der Waals surface area contributed by atoms with Crippen LogP contribution in [-0.4, -0.2) is 10.2 Å². The van der Waals surface area contributed by atoms with E-state index in [1.807, 2.05) is 31.2 Å². The van der Waals surface area contributed by atoms with Gasteiger partial charge in [0.15, 0.2) is 0 Å². The molecule has 0 aliphatic carbocycles. The van der Waals surface area contributed by atoms with Gasteiger partial charge < -0.3 is 15.5 Å². The lowest BCUT2D eigenvalue weighted by molar-refractivity contribution is 0.434. The van der Waals surface area contributed by atoms with E-state index in [1.54, 1.807) is 18.2 Å². The minimum atomic E-state index is -0.194. The Morgan fingerprint density at radius 1 is 1.06 bits per heavy atom. The number of rotatable bonds is 3. The van der Waals surface area contributed by atoms with Crippen LogP contribution in [0, 0.1) is 0 Å². The van der Waals surface area contributed by atoms with Crippen molar-refractivity contribution in [3.8, 4) is 11.5 Å². The van der Waals surface area contributed by atoms with Crippen LogP contribution in [0.25, 0.3) is 0 Å². The number of halogens is 1. The number of benzene rings is 2. The minimum Gasteiger partial charge on any atom is -0.507 e. The molecule has 18 heavy (non-hydrogen) atoms. The van der Waals surface area contributed by atoms with Gasteiger partial charge >= 0.3 is 0 Å². The second-order valence-electron chi connectivity index (χ2n) is 4.09. The number of hydrogen-bond donors (Lipinski definition) is 3. The Hall–Kier alpha value is -1.68. The van der Waals surface area contributed by atoms with Crippen LogP contribution in [0.15, 0.2) is 46.9 Å². The molecule has 0 aliphatic heterocycles. The highest BCUT2D eigenvalue weighted by atomic mass is 79.9. The van der Waals surface area contributed by atoms with Crippen LogP contribution in [0.1, 0.15) is 18.5 Å². The van der Waals surface area contributed by atoms with Crippen LogP contribution in [0.5, 0.6) is 11.5 Å². The van der Waals surface area contributed by atoms with Crippen molar-refractivity contribution in [1.29, 1.82) is 0 Å². The Morgan fingerprint density at radius 3 is 2.28 bits per heavy atom. The highest BCUT2D eigenvalue weighted by molar-refractivity contribution is 9.10. The van der Waals surface area contributed by atoms with E-state index in [9.17, 15) is 10.2 Å². The molecule has 0 amide bonds. The lowest BCUT2D eigenvalue weighted by atomic mass is 10.1. The lowest BCUT2D eigenvalue weighted by Crippen LogP contribution is -2.07. The van der Waals surface area contributed by atoms with Crippen LogP contribution in [0.4, 0.5) is 5.69 Å². The van der Waals surface area contributed by atoms with E-state index < -0.39 is 0 Å². The summed E-state index contributed by atoms with van der Waals surface area (Å²) in [6, 6.07) is 12.3. The molecule has 0 aromatic heterocycles. The SMILES string of the molecule is CC(Nc1cccc(Br)c1)c1c(O)cccc1O. The Labute approximate surface area is 114 Å². The molecule has 0 bridgehead atoms. The topological polar surface area (TPSA) is 52.5 Å². The molecule has 4 heteroatoms. The lowest BCUT2D eigenvalue weighted by Gasteiger charge is -2.18. The zero-order chi connectivity index (χ0) is 13.1. The second kappa shape index (κ2) is 5.31. The van der Waals surface area contributed by atoms with E-state index in [4.69, 9.17) is 0 Å². The first-order valence-corrected chi connectivity index (χ1v) is 6.40. The van der Waals surface area contributed by atoms with Gasteiger partial charge in [-0.2, -0.15) is 0 Å². The van der Waals surface area contributed by atoms with Gasteiger partial charge in [0.2, 0.25) is 0 Å². The average molecular weight is 308 g/mol. The standard InChI is InChI=1S/C14H14BrNO2/c1-9(14-12(17)6-3-7-13(14)18)16-11-5-2-4-10(15)8-11/h2-9,16-18H,1H3. The third-order valence-corrected chi connectivity index (χ3v) is 3.19. The predicted molar refractivity (Wildman–Crippen MR) is 76.0 cm³/mol. The minimum absolute atomic E-state index is 0.0880. The molecule has 0 spiro atoms. The summed E-state index contributed by atoms with van der Waals surface area (Å²) in [6.07, 6.45) is 0. The molecule has 1 unspecified atom stereocenters. The van der Waals surface area contributed by atoms with Gasteiger partial charge in [0.1, 0.15) is 11.5 Å². The summed E-state index contributed by atoms with van der Waals surface area (Å²) in [7, 11) is 0. The van der Waals surface area contributed by atoms with E-state index >= 15 is 0 Å². The summed E-state index contributed by atoms with van der Waals surface area (Å²) in [5, 5.41) is 22.8. The van der Waals surface area contributed by atoms with Crippen molar-refractivity contribution in [3.05, 3.63) is 52.5 Å². The van der Waals surface area contributed by atoms with Gasteiger partial charge in [0, 0.05) is 10.2 Å². The van der Waals surface area contributed by atoms with Gasteiger partial charge in [-0.3, -0.25) is 0 Å². The first kappa shape index (κ1) is 12.8. The fourth-order valence-electron chi connectivity index (χ4n) is 1.89. The molecule has 0 radical (unpaired) electrons. The Kier molecular flexibility index (Phi) is 3.77. The Morgan fingerprint density at radius 2 is 1.67 bits per heavy atom. The third kappa shape index (κ3) is 2.76. The summed E-state index contributed by atoms with van der Waals surface area (Å²) in [5.74, 6) is 0.176. The van der Waals surface area contributed by atoms with Crippen molar-refractivity contribution in [2.45, 2.75) is 13.0 Å². The van der Waals surface area contributed by atoms with Crippen molar-refractivity contribution in [2.24, 2.45) is 0 Å². The van der Waals surface area contributed by atoms with Crippen molar-refractivity contribution in [2.75, 3.05) is 5.32 Å². The van der Waals surface area contributed by atoms with Crippen LogP contribution >= 0.6 is 15.9 Å². The molecule has 0 heterocycles. The van der Waals surface area contributed by atoms with E-state index in [2.05, 4.69) is 21.2 Å². The zero-order valence-electron chi connectivity index (χ0n) is 9.89. The molecular weight excluding hydrogens is 294 g/mol. The quantitative estimate of drug-likeness (QED) is 0.802. The molecular formula is C14H14BrNO2. The number of phenolic OH excluding ortho intramolecular Hbond substituents is 2. The second-order valence-corrected chi connectivity index (χ2v) is 5.00. The first-order chi connectivity index (χ1) is 8.58. The summed E-state index contributed by atoms with van der Waals surface area (Å²) in [4.78, 5) is 0. The molecule has 2 rings (SSSR count). The van der Waals surface area contributed by atoms with Crippen LogP contribution in [-0.2, 0) is 0 Å². The highest BCUT2D eigenvalue weighted by Gasteiger charge is 2.14. The van der Waals surface area contributed by atoms with E-state index in [0.717, 1.165) is 10.2 Å². The summed E-state index contributed by atoms with van der Waals surface area (Å²) in [5.41, 5.74) is 1.41. The maximum Gasteiger partial charge on any atom is 0.124 e. The van der Waals surface area contributed by atoms with Crippen molar-refractivity contribution in [1.82, 2.24) is 0 Å². The van der Waals surface area contributed by atoms with E-state index in [1.165, 1.54) is 0 Å². The number of aromatic hydroxyl groups is 2. The van der Waals surface area contributed by atoms with Gasteiger partial charge in [-0.05, 0) is 37.3 Å². The first-order valence-electron chi connectivity index (χ1n) is 5.61. The maximum absolute atomic E-state index is 9.79. The summed E-state index contributed by atoms with van der Waals surface area (Å²) < 4.78 is 0.973. The Bertz CT molecular complexity index is 537. The fraction of sp³-hybridized carbons (Fsp3) is 0.143. The summed E-state index contributed by atoms with van der Waals surface area (Å²) in [6.45, 7) is 1.88. The van der Waals surface area contributed by atoms with Crippen LogP contribution < -0.4 is 5.32 Å². The smallest absolute Gasteiger partial charge is 0.124 e. The molecule has 2 aromatic rings. The van der Waals surface area contributed by atoms with Crippen molar-refractivity contribution < 1.29 is 10.2 Å². The van der Waals surface area contributed by atoms with Gasteiger partial charge in [0.05, 0.1) is 11.6 Å². The molecule has 3 N–H and O–H groups in total. The number of anilines is 1. The molecule has 0 saturated heterocycles. The molecule has 94 valence electrons. The molecule has 0 fully saturated rings. The van der Waals surface area contributed by atoms with Crippen molar-refractivity contribution >= 4 is 21.6 Å². The molecule has 0 saturated carbocycles. The van der Waals surface area contributed by atoms with Crippen molar-refractivity contribution in [3.63, 3.8) is 0 Å². The molecule has 3 nitrogen and oxygen atoms in total. The number of nitrogens with one attached hydrogen (secondary N) is 1. The van der Waals surface area contributed by atoms with Gasteiger partial charge in [-0.15, -0.1) is 0 Å². The van der Waals surface area contributed by atoms with Crippen LogP contribution in [0.3, 0.4) is 0 Å². The number of phenols is 2. The molecule has 1 atom stereocenters. The monoisotopic (exact) mass is 307 g/mol. The average Bonchev–Trinajstić information content (AvgIpc) is 2.28. The molecule has 0 aliphatic rings. The molecule has 2 aromatic carbocycles. The van der Waals surface area contributed by atoms with E-state index in [0.29, 0.717) is 5.56 Å². The van der Waals surface area contributed by atoms with E-state index in [-0.39, 0.29) is 17.5 Å². The third-order valence-electron chi connectivity index (χ3n) is 2.70. The normalized spacial score (nSPS) is 12.1. The predicted octanol–water partition coefficient (Wildman–Crippen LogP) is 4.03. The Balaban J connectivity index is 2.25.